The lowest BCUT2D eigenvalue weighted by Crippen LogP contribution is -2.24. The third-order valence-electron chi connectivity index (χ3n) is 2.81. The normalized spacial score (nSPS) is 20.7. The van der Waals surface area contributed by atoms with Gasteiger partial charge in [0.25, 0.3) is 0 Å². The lowest BCUT2D eigenvalue weighted by Gasteiger charge is -2.21. The van der Waals surface area contributed by atoms with Crippen molar-refractivity contribution in [3.8, 4) is 0 Å². The lowest BCUT2D eigenvalue weighted by atomic mass is 10.1. The Balaban J connectivity index is 2.31. The molecule has 1 aromatic heterocycles. The molecule has 84 valence electrons. The molecular weight excluding hydrogens is 212 g/mol. The van der Waals surface area contributed by atoms with Gasteiger partial charge in [-0.1, -0.05) is 25.4 Å². The molecule has 0 amide bonds. The number of hydrogen-bond acceptors (Lipinski definition) is 2. The number of nitrogens with zero attached hydrogens (tertiary/aromatic N) is 2. The Morgan fingerprint density at radius 2 is 2.33 bits per heavy atom. The second kappa shape index (κ2) is 4.14. The van der Waals surface area contributed by atoms with E-state index >= 15 is 0 Å². The first-order chi connectivity index (χ1) is 7.08. The van der Waals surface area contributed by atoms with E-state index in [1.807, 2.05) is 0 Å². The predicted octanol–water partition coefficient (Wildman–Crippen LogP) is 2.04. The van der Waals surface area contributed by atoms with E-state index in [4.69, 9.17) is 11.6 Å². The van der Waals surface area contributed by atoms with Gasteiger partial charge in [0.1, 0.15) is 5.82 Å². The zero-order valence-electron chi connectivity index (χ0n) is 9.20. The molecule has 3 nitrogen and oxygen atoms in total. The van der Waals surface area contributed by atoms with Crippen LogP contribution in [0.25, 0.3) is 0 Å². The highest BCUT2D eigenvalue weighted by atomic mass is 35.5. The summed E-state index contributed by atoms with van der Waals surface area (Å²) in [6.07, 6.45) is 2.16. The van der Waals surface area contributed by atoms with E-state index in [2.05, 4.69) is 23.4 Å². The van der Waals surface area contributed by atoms with E-state index in [-0.39, 0.29) is 6.10 Å². The highest BCUT2D eigenvalue weighted by Gasteiger charge is 2.23. The molecular formula is C11H17ClN2O. The topological polar surface area (TPSA) is 38.0 Å². The van der Waals surface area contributed by atoms with Crippen molar-refractivity contribution in [2.75, 3.05) is 0 Å². The lowest BCUT2D eigenvalue weighted by molar-refractivity contribution is 0.142. The molecule has 1 aromatic rings. The second-order valence-corrected chi connectivity index (χ2v) is 5.02. The van der Waals surface area contributed by atoms with Gasteiger partial charge in [-0.2, -0.15) is 0 Å². The molecule has 0 spiro atoms. The van der Waals surface area contributed by atoms with Crippen molar-refractivity contribution >= 4 is 11.6 Å². The summed E-state index contributed by atoms with van der Waals surface area (Å²) in [4.78, 5) is 4.38. The first-order valence-corrected chi connectivity index (χ1v) is 5.87. The number of aliphatic hydroxyl groups excluding tert-OH is 1. The fraction of sp³-hybridized carbons (Fsp3) is 0.727. The third kappa shape index (κ3) is 2.18. The molecule has 1 aliphatic rings. The van der Waals surface area contributed by atoms with Gasteiger partial charge in [0.2, 0.25) is 0 Å². The molecule has 2 heterocycles. The first kappa shape index (κ1) is 11.0. The molecule has 0 fully saturated rings. The van der Waals surface area contributed by atoms with Crippen LogP contribution in [0.3, 0.4) is 0 Å². The number of aromatic nitrogens is 2. The van der Waals surface area contributed by atoms with Crippen molar-refractivity contribution in [3.63, 3.8) is 0 Å². The Labute approximate surface area is 95.1 Å². The molecule has 0 bridgehead atoms. The maximum Gasteiger partial charge on any atom is 0.150 e. The summed E-state index contributed by atoms with van der Waals surface area (Å²) < 4.78 is 2.18. The van der Waals surface area contributed by atoms with Gasteiger partial charge in [-0.3, -0.25) is 0 Å². The summed E-state index contributed by atoms with van der Waals surface area (Å²) >= 11 is 6.07. The highest BCUT2D eigenvalue weighted by Crippen LogP contribution is 2.25. The Bertz CT molecular complexity index is 360. The van der Waals surface area contributed by atoms with Gasteiger partial charge in [0, 0.05) is 19.4 Å². The predicted molar refractivity (Wildman–Crippen MR) is 60.1 cm³/mol. The number of hydrogen-bond donors (Lipinski definition) is 1. The number of imidazole rings is 1. The summed E-state index contributed by atoms with van der Waals surface area (Å²) in [6, 6.07) is 0. The van der Waals surface area contributed by atoms with Crippen molar-refractivity contribution in [3.05, 3.63) is 16.7 Å². The monoisotopic (exact) mass is 228 g/mol. The fourth-order valence-electron chi connectivity index (χ4n) is 2.09. The van der Waals surface area contributed by atoms with Crippen molar-refractivity contribution in [1.29, 1.82) is 0 Å². The zero-order chi connectivity index (χ0) is 11.0. The van der Waals surface area contributed by atoms with Crippen molar-refractivity contribution in [2.45, 2.75) is 45.8 Å². The fourth-order valence-corrected chi connectivity index (χ4v) is 2.36. The minimum absolute atomic E-state index is 0.251. The summed E-state index contributed by atoms with van der Waals surface area (Å²) in [6.45, 7) is 5.19. The number of rotatable bonds is 2. The molecule has 4 heteroatoms. The van der Waals surface area contributed by atoms with E-state index in [1.165, 1.54) is 0 Å². The smallest absolute Gasteiger partial charge is 0.150 e. The maximum absolute atomic E-state index is 9.57. The average molecular weight is 229 g/mol. The molecule has 1 aliphatic heterocycles. The first-order valence-electron chi connectivity index (χ1n) is 5.49. The van der Waals surface area contributed by atoms with E-state index in [1.54, 1.807) is 0 Å². The van der Waals surface area contributed by atoms with Crippen LogP contribution >= 0.6 is 11.6 Å². The van der Waals surface area contributed by atoms with Gasteiger partial charge in [-0.05, 0) is 12.3 Å². The van der Waals surface area contributed by atoms with Crippen LogP contribution in [-0.4, -0.2) is 20.8 Å². The number of aliphatic hydroxyl groups is 1. The Morgan fingerprint density at radius 1 is 1.60 bits per heavy atom. The minimum Gasteiger partial charge on any atom is -0.393 e. The van der Waals surface area contributed by atoms with E-state index in [0.717, 1.165) is 30.9 Å². The largest absolute Gasteiger partial charge is 0.393 e. The molecule has 0 aromatic carbocycles. The van der Waals surface area contributed by atoms with E-state index < -0.39 is 0 Å². The molecule has 2 rings (SSSR count). The van der Waals surface area contributed by atoms with E-state index in [0.29, 0.717) is 17.5 Å². The second-order valence-electron chi connectivity index (χ2n) is 4.66. The van der Waals surface area contributed by atoms with Crippen molar-refractivity contribution in [1.82, 2.24) is 9.55 Å². The molecule has 0 saturated carbocycles. The average Bonchev–Trinajstić information content (AvgIpc) is 2.42. The van der Waals surface area contributed by atoms with Crippen LogP contribution in [0.15, 0.2) is 0 Å². The van der Waals surface area contributed by atoms with Crippen LogP contribution in [0, 0.1) is 5.92 Å². The molecule has 0 radical (unpaired) electrons. The number of halogens is 1. The maximum atomic E-state index is 9.57. The molecule has 0 saturated heterocycles. The summed E-state index contributed by atoms with van der Waals surface area (Å²) in [7, 11) is 0. The third-order valence-corrected chi connectivity index (χ3v) is 3.11. The Hall–Kier alpha value is -0.540. The van der Waals surface area contributed by atoms with Gasteiger partial charge < -0.3 is 9.67 Å². The minimum atomic E-state index is -0.251. The Morgan fingerprint density at radius 3 is 3.00 bits per heavy atom. The van der Waals surface area contributed by atoms with Crippen LogP contribution in [0.5, 0.6) is 0 Å². The van der Waals surface area contributed by atoms with Crippen molar-refractivity contribution < 1.29 is 5.11 Å². The van der Waals surface area contributed by atoms with Gasteiger partial charge in [-0.25, -0.2) is 4.98 Å². The zero-order valence-corrected chi connectivity index (χ0v) is 9.96. The van der Waals surface area contributed by atoms with Gasteiger partial charge >= 0.3 is 0 Å². The van der Waals surface area contributed by atoms with Crippen LogP contribution in [-0.2, 0) is 19.4 Å². The van der Waals surface area contributed by atoms with Gasteiger partial charge in [0.05, 0.1) is 11.8 Å². The highest BCUT2D eigenvalue weighted by molar-refractivity contribution is 6.30. The van der Waals surface area contributed by atoms with Crippen LogP contribution < -0.4 is 0 Å². The Kier molecular flexibility index (Phi) is 3.03. The van der Waals surface area contributed by atoms with E-state index in [9.17, 15) is 5.11 Å². The van der Waals surface area contributed by atoms with Gasteiger partial charge in [-0.15, -0.1) is 0 Å². The SMILES string of the molecule is CC(C)Cc1nc(Cl)c2n1CCC(O)C2. The molecule has 1 atom stereocenters. The van der Waals surface area contributed by atoms with Crippen LogP contribution in [0.4, 0.5) is 0 Å². The van der Waals surface area contributed by atoms with Gasteiger partial charge in [0.15, 0.2) is 5.15 Å². The molecule has 15 heavy (non-hydrogen) atoms. The number of fused-ring (bicyclic) bond motifs is 1. The van der Waals surface area contributed by atoms with Crippen LogP contribution in [0.1, 0.15) is 31.8 Å². The molecule has 1 unspecified atom stereocenters. The quantitative estimate of drug-likeness (QED) is 0.842. The molecule has 1 N–H and O–H groups in total. The molecule has 0 aliphatic carbocycles. The summed E-state index contributed by atoms with van der Waals surface area (Å²) in [5.41, 5.74) is 1.01. The van der Waals surface area contributed by atoms with Crippen LogP contribution in [0.2, 0.25) is 5.15 Å². The van der Waals surface area contributed by atoms with Crippen molar-refractivity contribution in [2.24, 2.45) is 5.92 Å². The summed E-state index contributed by atoms with van der Waals surface area (Å²) in [5, 5.41) is 10.1. The standard InChI is InChI=1S/C11H17ClN2O/c1-7(2)5-10-13-11(12)9-6-8(15)3-4-14(9)10/h7-8,15H,3-6H2,1-2H3. The summed E-state index contributed by atoms with van der Waals surface area (Å²) in [5.74, 6) is 1.65.